The molecule has 1 amide bonds. The quantitative estimate of drug-likeness (QED) is 0.0458. The number of rotatable bonds is 55. The van der Waals surface area contributed by atoms with E-state index in [1.165, 1.54) is 167 Å². The average Bonchev–Trinajstić information content (AvgIpc) is 3.35. The average molecular weight is 979 g/mol. The summed E-state index contributed by atoms with van der Waals surface area (Å²) in [7, 11) is 2.19. The zero-order chi connectivity index (χ0) is 50.7. The number of nitrogens with zero attached hydrogens (tertiary/aromatic N) is 2. The van der Waals surface area contributed by atoms with E-state index in [4.69, 9.17) is 9.47 Å². The Balaban J connectivity index is 4.99. The molecule has 0 aromatic rings. The van der Waals surface area contributed by atoms with Crippen LogP contribution in [0, 0.1) is 17.8 Å². The van der Waals surface area contributed by atoms with E-state index in [0.29, 0.717) is 44.4 Å². The van der Waals surface area contributed by atoms with Crippen LogP contribution in [0.2, 0.25) is 0 Å². The first-order valence-electron chi connectivity index (χ1n) is 30.3. The summed E-state index contributed by atoms with van der Waals surface area (Å²) in [4.78, 5) is 43.4. The van der Waals surface area contributed by atoms with Crippen molar-refractivity contribution in [3.05, 3.63) is 0 Å². The number of carbonyl (C=O) groups is 3. The number of esters is 2. The minimum absolute atomic E-state index is 0.00649. The first-order chi connectivity index (χ1) is 33.7. The van der Waals surface area contributed by atoms with Gasteiger partial charge in [0.05, 0.1) is 25.7 Å². The van der Waals surface area contributed by atoms with Crippen LogP contribution < -0.4 is 5.32 Å². The molecule has 0 heterocycles. The van der Waals surface area contributed by atoms with Crippen LogP contribution in [0.5, 0.6) is 0 Å². The molecule has 9 heteroatoms. The molecule has 0 saturated heterocycles. The molecule has 0 aliphatic rings. The Morgan fingerprint density at radius 2 is 0.783 bits per heavy atom. The molecular formula is C60H119N3O6. The molecule has 0 radical (unpaired) electrons. The van der Waals surface area contributed by atoms with E-state index in [2.05, 4.69) is 56.8 Å². The van der Waals surface area contributed by atoms with Gasteiger partial charge in [-0.05, 0) is 109 Å². The topological polar surface area (TPSA) is 108 Å². The molecule has 0 rings (SSSR count). The van der Waals surface area contributed by atoms with Crippen LogP contribution in [0.3, 0.4) is 0 Å². The van der Waals surface area contributed by atoms with Gasteiger partial charge in [0.25, 0.3) is 0 Å². The number of unbranched alkanes of at least 4 members (excludes halogenated alkanes) is 24. The van der Waals surface area contributed by atoms with Crippen molar-refractivity contribution in [2.24, 2.45) is 17.8 Å². The normalized spacial score (nSPS) is 13.0. The molecule has 0 aliphatic heterocycles. The van der Waals surface area contributed by atoms with Crippen LogP contribution in [0.4, 0.5) is 0 Å². The van der Waals surface area contributed by atoms with Crippen molar-refractivity contribution in [3.8, 4) is 0 Å². The molecule has 2 N–H and O–H groups in total. The van der Waals surface area contributed by atoms with Gasteiger partial charge < -0.3 is 29.7 Å². The number of likely N-dealkylation sites (N-methyl/N-ethyl adjacent to an activating group) is 1. The lowest BCUT2D eigenvalue weighted by Gasteiger charge is -2.26. The van der Waals surface area contributed by atoms with Crippen LogP contribution in [-0.2, 0) is 23.9 Å². The highest BCUT2D eigenvalue weighted by Gasteiger charge is 2.17. The molecule has 0 fully saturated rings. The smallest absolute Gasteiger partial charge is 0.305 e. The molecule has 69 heavy (non-hydrogen) atoms. The SMILES string of the molecule is CCCCCCCCC(CCCCCC)COC(=O)CCCCCN(CCCCCC(=O)OCC(CCCCCC)CCCCCCCC)CCN(C)CCCCNC(=O)C(CO)CCCCCC. The van der Waals surface area contributed by atoms with Crippen molar-refractivity contribution in [3.63, 3.8) is 0 Å². The van der Waals surface area contributed by atoms with E-state index in [1.807, 2.05) is 0 Å². The van der Waals surface area contributed by atoms with Gasteiger partial charge in [0.1, 0.15) is 0 Å². The first-order valence-corrected chi connectivity index (χ1v) is 30.3. The summed E-state index contributed by atoms with van der Waals surface area (Å²) in [6.45, 7) is 18.0. The molecule has 0 bridgehead atoms. The Bertz CT molecular complexity index is 1050. The summed E-state index contributed by atoms with van der Waals surface area (Å²) in [6.07, 6.45) is 44.7. The summed E-state index contributed by atoms with van der Waals surface area (Å²) in [5.74, 6) is 0.660. The Morgan fingerprint density at radius 1 is 0.420 bits per heavy atom. The summed E-state index contributed by atoms with van der Waals surface area (Å²) in [6, 6.07) is 0. The largest absolute Gasteiger partial charge is 0.465 e. The van der Waals surface area contributed by atoms with Crippen molar-refractivity contribution in [2.45, 2.75) is 285 Å². The van der Waals surface area contributed by atoms with Crippen LogP contribution >= 0.6 is 0 Å². The zero-order valence-electron chi connectivity index (χ0n) is 47.1. The maximum Gasteiger partial charge on any atom is 0.305 e. The Hall–Kier alpha value is -1.71. The van der Waals surface area contributed by atoms with Gasteiger partial charge in [0.15, 0.2) is 0 Å². The number of amides is 1. The maximum absolute atomic E-state index is 12.9. The molecule has 0 aliphatic carbocycles. The third kappa shape index (κ3) is 45.9. The van der Waals surface area contributed by atoms with Gasteiger partial charge in [-0.15, -0.1) is 0 Å². The summed E-state index contributed by atoms with van der Waals surface area (Å²) < 4.78 is 11.8. The second-order valence-corrected chi connectivity index (χ2v) is 21.4. The van der Waals surface area contributed by atoms with Gasteiger partial charge >= 0.3 is 11.9 Å². The Morgan fingerprint density at radius 3 is 1.20 bits per heavy atom. The fourth-order valence-electron chi connectivity index (χ4n) is 9.64. The third-order valence-corrected chi connectivity index (χ3v) is 14.6. The van der Waals surface area contributed by atoms with Gasteiger partial charge in [-0.25, -0.2) is 0 Å². The number of hydrogen-bond acceptors (Lipinski definition) is 8. The second kappa shape index (κ2) is 52.6. The van der Waals surface area contributed by atoms with Gasteiger partial charge in [-0.1, -0.05) is 202 Å². The lowest BCUT2D eigenvalue weighted by atomic mass is 9.95. The molecule has 0 aromatic carbocycles. The van der Waals surface area contributed by atoms with Crippen molar-refractivity contribution in [1.29, 1.82) is 0 Å². The number of nitrogens with one attached hydrogen (secondary N) is 1. The van der Waals surface area contributed by atoms with Gasteiger partial charge in [-0.2, -0.15) is 0 Å². The highest BCUT2D eigenvalue weighted by molar-refractivity contribution is 5.78. The summed E-state index contributed by atoms with van der Waals surface area (Å²) >= 11 is 0. The highest BCUT2D eigenvalue weighted by atomic mass is 16.5. The van der Waals surface area contributed by atoms with E-state index in [0.717, 1.165) is 103 Å². The Labute approximate surface area is 429 Å². The summed E-state index contributed by atoms with van der Waals surface area (Å²) in [5.41, 5.74) is 0. The Kier molecular flexibility index (Phi) is 51.3. The monoisotopic (exact) mass is 978 g/mol. The zero-order valence-corrected chi connectivity index (χ0v) is 47.1. The molecular weight excluding hydrogens is 859 g/mol. The van der Waals surface area contributed by atoms with Crippen LogP contribution in [0.25, 0.3) is 0 Å². The fourth-order valence-corrected chi connectivity index (χ4v) is 9.64. The van der Waals surface area contributed by atoms with E-state index in [1.54, 1.807) is 0 Å². The van der Waals surface area contributed by atoms with Crippen LogP contribution in [0.1, 0.15) is 285 Å². The molecule has 0 spiro atoms. The lowest BCUT2D eigenvalue weighted by molar-refractivity contribution is -0.146. The number of aliphatic hydroxyl groups excluding tert-OH is 1. The third-order valence-electron chi connectivity index (χ3n) is 14.6. The van der Waals surface area contributed by atoms with Gasteiger partial charge in [0.2, 0.25) is 5.91 Å². The van der Waals surface area contributed by atoms with Crippen molar-refractivity contribution in [1.82, 2.24) is 15.1 Å². The number of aliphatic hydroxyl groups is 1. The van der Waals surface area contributed by atoms with Crippen molar-refractivity contribution < 1.29 is 29.0 Å². The predicted octanol–water partition coefficient (Wildman–Crippen LogP) is 15.6. The molecule has 3 unspecified atom stereocenters. The van der Waals surface area contributed by atoms with Gasteiger partial charge in [-0.3, -0.25) is 14.4 Å². The molecule has 410 valence electrons. The molecule has 0 aromatic heterocycles. The lowest BCUT2D eigenvalue weighted by Crippen LogP contribution is -2.35. The van der Waals surface area contributed by atoms with E-state index >= 15 is 0 Å². The first kappa shape index (κ1) is 67.3. The van der Waals surface area contributed by atoms with Crippen LogP contribution in [-0.4, -0.2) is 98.9 Å². The molecule has 3 atom stereocenters. The number of carbonyl (C=O) groups excluding carboxylic acids is 3. The minimum Gasteiger partial charge on any atom is -0.465 e. The van der Waals surface area contributed by atoms with Gasteiger partial charge in [0, 0.05) is 32.5 Å². The van der Waals surface area contributed by atoms with Crippen molar-refractivity contribution >= 4 is 17.8 Å². The minimum atomic E-state index is -0.289. The second-order valence-electron chi connectivity index (χ2n) is 21.4. The molecule has 0 saturated carbocycles. The summed E-state index contributed by atoms with van der Waals surface area (Å²) in [5, 5.41) is 12.8. The van der Waals surface area contributed by atoms with Crippen molar-refractivity contribution in [2.75, 3.05) is 66.1 Å². The van der Waals surface area contributed by atoms with E-state index in [9.17, 15) is 19.5 Å². The van der Waals surface area contributed by atoms with E-state index < -0.39 is 0 Å². The predicted molar refractivity (Wildman–Crippen MR) is 295 cm³/mol. The molecule has 9 nitrogen and oxygen atoms in total. The standard InChI is InChI=1S/C60H119N3O6/c1-7-12-17-22-24-30-41-55(39-28-19-14-9-3)53-68-58(65)44-33-26-36-48-63(51-50-62(6)47-38-35-46-61-60(67)57(52-64)43-32-21-16-11-5)49-37-27-34-45-59(66)69-54-56(40-29-20-15-10-4)42-31-25-23-18-13-8-2/h55-57,64H,7-54H2,1-6H3,(H,61,67). The fraction of sp³-hybridized carbons (Fsp3) is 0.950. The van der Waals surface area contributed by atoms with Crippen LogP contribution in [0.15, 0.2) is 0 Å². The highest BCUT2D eigenvalue weighted by Crippen LogP contribution is 2.22. The number of hydrogen-bond donors (Lipinski definition) is 2. The number of ether oxygens (including phenoxy) is 2. The maximum atomic E-state index is 12.9. The van der Waals surface area contributed by atoms with E-state index in [-0.39, 0.29) is 30.4 Å².